The summed E-state index contributed by atoms with van der Waals surface area (Å²) in [5.41, 5.74) is 11.4. The lowest BCUT2D eigenvalue weighted by atomic mass is 9.99. The summed E-state index contributed by atoms with van der Waals surface area (Å²) in [5.74, 6) is 0. The van der Waals surface area contributed by atoms with Gasteiger partial charge in [-0.1, -0.05) is 29.3 Å². The van der Waals surface area contributed by atoms with Crippen molar-refractivity contribution in [3.05, 3.63) is 55.7 Å². The van der Waals surface area contributed by atoms with E-state index in [1.165, 1.54) is 22.3 Å². The molecule has 0 aliphatic heterocycles. The molecule has 1 aromatic carbocycles. The van der Waals surface area contributed by atoms with Crippen molar-refractivity contribution >= 4 is 27.3 Å². The first-order valence-electron chi connectivity index (χ1n) is 5.61. The molecule has 1 heterocycles. The second kappa shape index (κ2) is 5.34. The Labute approximate surface area is 115 Å². The number of aryl methyl sites for hydroxylation is 2. The van der Waals surface area contributed by atoms with Crippen molar-refractivity contribution in [2.45, 2.75) is 26.3 Å². The summed E-state index contributed by atoms with van der Waals surface area (Å²) in [6, 6.07) is 8.82. The maximum absolute atomic E-state index is 6.23. The van der Waals surface area contributed by atoms with Crippen LogP contribution < -0.4 is 5.73 Å². The van der Waals surface area contributed by atoms with Crippen molar-refractivity contribution in [3.63, 3.8) is 0 Å². The third kappa shape index (κ3) is 3.41. The van der Waals surface area contributed by atoms with Gasteiger partial charge in [-0.15, -0.1) is 11.3 Å². The molecule has 0 bridgehead atoms. The second-order valence-electron chi connectivity index (χ2n) is 4.49. The van der Waals surface area contributed by atoms with Gasteiger partial charge in [0.25, 0.3) is 0 Å². The summed E-state index contributed by atoms with van der Waals surface area (Å²) in [6.07, 6.45) is 0.895. The van der Waals surface area contributed by atoms with E-state index in [0.29, 0.717) is 0 Å². The molecule has 1 unspecified atom stereocenters. The zero-order valence-corrected chi connectivity index (χ0v) is 12.4. The summed E-state index contributed by atoms with van der Waals surface area (Å²) >= 11 is 5.16. The van der Waals surface area contributed by atoms with E-state index >= 15 is 0 Å². The Morgan fingerprint density at radius 1 is 1.18 bits per heavy atom. The first-order valence-corrected chi connectivity index (χ1v) is 7.28. The highest BCUT2D eigenvalue weighted by molar-refractivity contribution is 9.11. The average molecular weight is 310 g/mol. The topological polar surface area (TPSA) is 26.0 Å². The summed E-state index contributed by atoms with van der Waals surface area (Å²) in [7, 11) is 0. The Hall–Kier alpha value is -0.640. The van der Waals surface area contributed by atoms with Gasteiger partial charge in [0.15, 0.2) is 0 Å². The van der Waals surface area contributed by atoms with E-state index in [1.54, 1.807) is 11.3 Å². The molecule has 3 heteroatoms. The van der Waals surface area contributed by atoms with E-state index < -0.39 is 0 Å². The molecule has 17 heavy (non-hydrogen) atoms. The van der Waals surface area contributed by atoms with Gasteiger partial charge < -0.3 is 5.73 Å². The largest absolute Gasteiger partial charge is 0.324 e. The fourth-order valence-corrected chi connectivity index (χ4v) is 3.32. The molecule has 90 valence electrons. The van der Waals surface area contributed by atoms with Gasteiger partial charge in [-0.05, 0) is 58.8 Å². The molecule has 0 saturated carbocycles. The number of hydrogen-bond donors (Lipinski definition) is 1. The van der Waals surface area contributed by atoms with Crippen LogP contribution in [0.4, 0.5) is 0 Å². The van der Waals surface area contributed by atoms with E-state index in [4.69, 9.17) is 5.73 Å². The van der Waals surface area contributed by atoms with Gasteiger partial charge in [-0.3, -0.25) is 0 Å². The summed E-state index contributed by atoms with van der Waals surface area (Å²) in [6.45, 7) is 4.26. The van der Waals surface area contributed by atoms with Crippen LogP contribution in [0.15, 0.2) is 33.4 Å². The fourth-order valence-electron chi connectivity index (χ4n) is 2.08. The predicted molar refractivity (Wildman–Crippen MR) is 78.6 cm³/mol. The lowest BCUT2D eigenvalue weighted by Crippen LogP contribution is -2.12. The maximum atomic E-state index is 6.23. The highest BCUT2D eigenvalue weighted by Crippen LogP contribution is 2.26. The zero-order chi connectivity index (χ0) is 12.4. The first-order chi connectivity index (χ1) is 8.04. The van der Waals surface area contributed by atoms with Crippen molar-refractivity contribution in [2.24, 2.45) is 5.73 Å². The molecular weight excluding hydrogens is 294 g/mol. The van der Waals surface area contributed by atoms with Gasteiger partial charge in [0.05, 0.1) is 3.79 Å². The molecule has 0 spiro atoms. The molecule has 2 rings (SSSR count). The van der Waals surface area contributed by atoms with Crippen LogP contribution in [-0.2, 0) is 6.42 Å². The lowest BCUT2D eigenvalue weighted by Gasteiger charge is -2.11. The predicted octanol–water partition coefficient (Wildman–Crippen LogP) is 4.37. The molecule has 1 atom stereocenters. The Balaban J connectivity index is 2.15. The smallest absolute Gasteiger partial charge is 0.0701 e. The molecule has 0 saturated heterocycles. The van der Waals surface area contributed by atoms with Gasteiger partial charge in [0, 0.05) is 6.04 Å². The molecule has 2 N–H and O–H groups in total. The highest BCUT2D eigenvalue weighted by Gasteiger charge is 2.09. The van der Waals surface area contributed by atoms with E-state index in [9.17, 15) is 0 Å². The van der Waals surface area contributed by atoms with Crippen molar-refractivity contribution in [2.75, 3.05) is 0 Å². The molecule has 0 radical (unpaired) electrons. The van der Waals surface area contributed by atoms with Crippen LogP contribution in [0.1, 0.15) is 28.3 Å². The van der Waals surface area contributed by atoms with Crippen molar-refractivity contribution < 1.29 is 0 Å². The van der Waals surface area contributed by atoms with Crippen LogP contribution in [0, 0.1) is 13.8 Å². The highest BCUT2D eigenvalue weighted by atomic mass is 79.9. The van der Waals surface area contributed by atoms with Crippen LogP contribution in [0.3, 0.4) is 0 Å². The molecule has 1 aromatic heterocycles. The number of benzene rings is 1. The van der Waals surface area contributed by atoms with Crippen molar-refractivity contribution in [1.29, 1.82) is 0 Å². The quantitative estimate of drug-likeness (QED) is 0.895. The number of nitrogens with two attached hydrogens (primary N) is 1. The van der Waals surface area contributed by atoms with Crippen LogP contribution >= 0.6 is 27.3 Å². The Morgan fingerprint density at radius 3 is 2.35 bits per heavy atom. The van der Waals surface area contributed by atoms with Gasteiger partial charge in [0.2, 0.25) is 0 Å². The van der Waals surface area contributed by atoms with Gasteiger partial charge in [0.1, 0.15) is 0 Å². The van der Waals surface area contributed by atoms with Crippen LogP contribution in [0.25, 0.3) is 0 Å². The molecule has 1 nitrogen and oxygen atoms in total. The third-order valence-electron chi connectivity index (χ3n) is 2.75. The molecule has 2 aromatic rings. The zero-order valence-electron chi connectivity index (χ0n) is 10.0. The number of halogens is 1. The van der Waals surface area contributed by atoms with Crippen LogP contribution in [0.5, 0.6) is 0 Å². The summed E-state index contributed by atoms with van der Waals surface area (Å²) < 4.78 is 1.14. The van der Waals surface area contributed by atoms with Crippen molar-refractivity contribution in [3.8, 4) is 0 Å². The maximum Gasteiger partial charge on any atom is 0.0701 e. The lowest BCUT2D eigenvalue weighted by molar-refractivity contribution is 0.724. The van der Waals surface area contributed by atoms with Gasteiger partial charge in [-0.25, -0.2) is 0 Å². The standard InChI is InChI=1S/C14H16BrNS/c1-9-3-10(2)5-11(4-9)6-13(16)12-7-14(15)17-8-12/h3-5,7-8,13H,6,16H2,1-2H3. The summed E-state index contributed by atoms with van der Waals surface area (Å²) in [4.78, 5) is 0. The Morgan fingerprint density at radius 2 is 1.82 bits per heavy atom. The number of hydrogen-bond acceptors (Lipinski definition) is 2. The molecule has 0 aliphatic carbocycles. The molecule has 0 aliphatic rings. The minimum Gasteiger partial charge on any atom is -0.324 e. The molecule has 0 amide bonds. The fraction of sp³-hybridized carbons (Fsp3) is 0.286. The normalized spacial score (nSPS) is 12.7. The number of rotatable bonds is 3. The third-order valence-corrected chi connectivity index (χ3v) is 4.28. The van der Waals surface area contributed by atoms with E-state index in [2.05, 4.69) is 59.4 Å². The van der Waals surface area contributed by atoms with E-state index in [1.807, 2.05) is 0 Å². The molecular formula is C14H16BrNS. The number of thiophene rings is 1. The summed E-state index contributed by atoms with van der Waals surface area (Å²) in [5, 5.41) is 2.12. The van der Waals surface area contributed by atoms with Gasteiger partial charge >= 0.3 is 0 Å². The minimum absolute atomic E-state index is 0.0822. The van der Waals surface area contributed by atoms with Crippen LogP contribution in [-0.4, -0.2) is 0 Å². The second-order valence-corrected chi connectivity index (χ2v) is 6.78. The van der Waals surface area contributed by atoms with Crippen molar-refractivity contribution in [1.82, 2.24) is 0 Å². The Kier molecular flexibility index (Phi) is 4.02. The average Bonchev–Trinajstić information content (AvgIpc) is 2.63. The SMILES string of the molecule is Cc1cc(C)cc(CC(N)c2csc(Br)c2)c1. The molecule has 0 fully saturated rings. The van der Waals surface area contributed by atoms with Gasteiger partial charge in [-0.2, -0.15) is 0 Å². The van der Waals surface area contributed by atoms with E-state index in [0.717, 1.165) is 10.2 Å². The minimum atomic E-state index is 0.0822. The monoisotopic (exact) mass is 309 g/mol. The Bertz CT molecular complexity index is 498. The van der Waals surface area contributed by atoms with Crippen LogP contribution in [0.2, 0.25) is 0 Å². The van der Waals surface area contributed by atoms with E-state index in [-0.39, 0.29) is 6.04 Å². The first kappa shape index (κ1) is 12.8.